The van der Waals surface area contributed by atoms with Crippen LogP contribution in [0.15, 0.2) is 36.5 Å². The number of anilines is 3. The summed E-state index contributed by atoms with van der Waals surface area (Å²) < 4.78 is 41.1. The summed E-state index contributed by atoms with van der Waals surface area (Å²) in [6.45, 7) is 5.18. The summed E-state index contributed by atoms with van der Waals surface area (Å²) in [5.74, 6) is -0.902. The third-order valence-corrected chi connectivity index (χ3v) is 15.8. The molecule has 3 aromatic heterocycles. The molecule has 7 aliphatic rings. The van der Waals surface area contributed by atoms with Gasteiger partial charge in [0.1, 0.15) is 17.4 Å². The second kappa shape index (κ2) is 16.2. The van der Waals surface area contributed by atoms with E-state index >= 15 is 0 Å². The molecule has 3 atom stereocenters. The average Bonchev–Trinajstić information content (AvgIpc) is 4.13. The largest absolute Gasteiger partial charge is 0.384 e. The third kappa shape index (κ3) is 7.42. The van der Waals surface area contributed by atoms with Crippen molar-refractivity contribution in [2.75, 3.05) is 54.9 Å². The van der Waals surface area contributed by atoms with Crippen LogP contribution in [-0.4, -0.2) is 116 Å². The average molecular weight is 897 g/mol. The molecule has 2 bridgehead atoms. The molecule has 5 aliphatic heterocycles. The van der Waals surface area contributed by atoms with Crippen molar-refractivity contribution in [3.63, 3.8) is 0 Å². The van der Waals surface area contributed by atoms with Gasteiger partial charge < -0.3 is 25.2 Å². The van der Waals surface area contributed by atoms with Crippen molar-refractivity contribution < 1.29 is 37.5 Å². The summed E-state index contributed by atoms with van der Waals surface area (Å²) in [4.78, 5) is 75.1. The first-order chi connectivity index (χ1) is 31.0. The summed E-state index contributed by atoms with van der Waals surface area (Å²) in [7, 11) is 0. The molecule has 5 amide bonds. The van der Waals surface area contributed by atoms with Crippen molar-refractivity contribution in [2.45, 2.75) is 101 Å². The molecule has 16 nitrogen and oxygen atoms in total. The molecule has 6 fully saturated rings. The number of amides is 5. The van der Waals surface area contributed by atoms with E-state index in [1.165, 1.54) is 0 Å². The highest BCUT2D eigenvalue weighted by atomic mass is 32.1. The van der Waals surface area contributed by atoms with E-state index in [0.29, 0.717) is 41.6 Å². The SMILES string of the molecule is O=C1CCC(N2C(=O)c3cccc(NCC4CC5(CCN(CC6CCC(n7cc(NC(=O)c8nsc9ccc(N%10C[C@H]%11CC%10CO%11)nc89)c(C(F)F)n7)CC6)CC5)C4)c3C2=O)C(=O)N1. The van der Waals surface area contributed by atoms with Crippen LogP contribution >= 0.6 is 11.5 Å². The molecule has 2 unspecified atom stereocenters. The predicted octanol–water partition coefficient (Wildman–Crippen LogP) is 5.79. The Labute approximate surface area is 371 Å². The molecule has 2 aliphatic carbocycles. The number of alkyl halides is 2. The Balaban J connectivity index is 0.645. The van der Waals surface area contributed by atoms with Crippen molar-refractivity contribution >= 4 is 68.5 Å². The lowest BCUT2D eigenvalue weighted by Gasteiger charge is -2.53. The zero-order chi connectivity index (χ0) is 43.9. The first kappa shape index (κ1) is 41.3. The van der Waals surface area contributed by atoms with Gasteiger partial charge in [-0.15, -0.1) is 0 Å². The van der Waals surface area contributed by atoms with Gasteiger partial charge in [0.15, 0.2) is 11.4 Å². The number of carbonyl (C=O) groups excluding carboxylic acids is 5. The van der Waals surface area contributed by atoms with E-state index < -0.39 is 47.7 Å². The van der Waals surface area contributed by atoms with Gasteiger partial charge in [0.2, 0.25) is 11.8 Å². The van der Waals surface area contributed by atoms with Crippen LogP contribution in [0.1, 0.15) is 120 Å². The highest BCUT2D eigenvalue weighted by Gasteiger charge is 2.48. The summed E-state index contributed by atoms with van der Waals surface area (Å²) in [6.07, 6.45) is 8.08. The van der Waals surface area contributed by atoms with Crippen molar-refractivity contribution in [3.05, 3.63) is 59.0 Å². The second-order valence-corrected chi connectivity index (χ2v) is 19.8. The lowest BCUT2D eigenvalue weighted by Crippen LogP contribution is -2.54. The first-order valence-corrected chi connectivity index (χ1v) is 23.4. The Morgan fingerprint density at radius 3 is 2.52 bits per heavy atom. The number of ether oxygens (including phenoxy) is 1. The highest BCUT2D eigenvalue weighted by Crippen LogP contribution is 2.53. The number of carbonyl (C=O) groups is 5. The molecule has 0 radical (unpaired) electrons. The highest BCUT2D eigenvalue weighted by molar-refractivity contribution is 7.13. The van der Waals surface area contributed by atoms with Gasteiger partial charge in [-0.3, -0.25) is 38.9 Å². The minimum absolute atomic E-state index is 0.00164. The monoisotopic (exact) mass is 896 g/mol. The number of likely N-dealkylation sites (tertiary alicyclic amines) is 1. The maximum atomic E-state index is 14.3. The van der Waals surface area contributed by atoms with Crippen LogP contribution in [-0.2, 0) is 14.3 Å². The molecule has 4 aromatic rings. The lowest BCUT2D eigenvalue weighted by atomic mass is 9.57. The normalized spacial score (nSPS) is 26.9. The van der Waals surface area contributed by atoms with Crippen LogP contribution in [0, 0.1) is 17.3 Å². The number of nitrogens with one attached hydrogen (secondary N) is 3. The van der Waals surface area contributed by atoms with E-state index in [4.69, 9.17) is 9.72 Å². The Morgan fingerprint density at radius 1 is 0.969 bits per heavy atom. The van der Waals surface area contributed by atoms with Gasteiger partial charge in [0.25, 0.3) is 24.1 Å². The summed E-state index contributed by atoms with van der Waals surface area (Å²) in [6, 6.07) is 8.22. The fraction of sp³-hybridized carbons (Fsp3) is 0.556. The maximum Gasteiger partial charge on any atom is 0.284 e. The second-order valence-electron chi connectivity index (χ2n) is 19.0. The summed E-state index contributed by atoms with van der Waals surface area (Å²) in [5.41, 5.74) is 1.60. The number of morpholine rings is 1. The van der Waals surface area contributed by atoms with Crippen molar-refractivity contribution in [3.8, 4) is 0 Å². The van der Waals surface area contributed by atoms with E-state index in [0.717, 1.165) is 111 Å². The number of hydrogen-bond donors (Lipinski definition) is 3. The molecule has 11 rings (SSSR count). The Kier molecular flexibility index (Phi) is 10.5. The number of fused-ring (bicyclic) bond motifs is 4. The molecule has 19 heteroatoms. The smallest absolute Gasteiger partial charge is 0.284 e. The minimum Gasteiger partial charge on any atom is -0.384 e. The number of hydrogen-bond acceptors (Lipinski definition) is 13. The van der Waals surface area contributed by atoms with Crippen LogP contribution < -0.4 is 20.9 Å². The molecule has 4 saturated heterocycles. The van der Waals surface area contributed by atoms with Gasteiger partial charge in [-0.2, -0.15) is 9.47 Å². The number of aromatic nitrogens is 4. The number of rotatable bonds is 11. The lowest BCUT2D eigenvalue weighted by molar-refractivity contribution is -0.136. The fourth-order valence-electron chi connectivity index (χ4n) is 11.6. The third-order valence-electron chi connectivity index (χ3n) is 15.0. The molecule has 64 heavy (non-hydrogen) atoms. The Hall–Kier alpha value is -5.40. The Morgan fingerprint density at radius 2 is 1.78 bits per heavy atom. The Bertz CT molecular complexity index is 2540. The van der Waals surface area contributed by atoms with Gasteiger partial charge in [-0.05, 0) is 130 Å². The van der Waals surface area contributed by atoms with Crippen LogP contribution in [0.3, 0.4) is 0 Å². The zero-order valence-corrected chi connectivity index (χ0v) is 36.1. The number of halogens is 2. The van der Waals surface area contributed by atoms with E-state index in [2.05, 4.69) is 35.2 Å². The molecule has 336 valence electrons. The van der Waals surface area contributed by atoms with E-state index in [9.17, 15) is 32.8 Å². The van der Waals surface area contributed by atoms with E-state index in [1.807, 2.05) is 12.1 Å². The van der Waals surface area contributed by atoms with Gasteiger partial charge in [0.05, 0.1) is 46.3 Å². The van der Waals surface area contributed by atoms with E-state index in [-0.39, 0.29) is 53.5 Å². The standard InChI is InChI=1S/C45H50F2N10O6S/c46-40(47)37-31(49-42(60)39-38-33(64-53-39)9-10-34(50-38)55-21-28-16-27(55)23-63-28)22-56(52-37)26-6-4-24(5-7-26)20-54-14-12-45(13-15-54)17-25(18-45)19-48-30-3-1-2-29-36(30)44(62)57(43(29)61)32-8-11-35(58)51-41(32)59/h1-3,9-10,22,24-28,32,40,48H,4-8,11-21,23H2,(H,49,60)(H,51,58,59)/t24?,26?,27?,28-,32?/m1/s1. The van der Waals surface area contributed by atoms with Gasteiger partial charge >= 0.3 is 0 Å². The van der Waals surface area contributed by atoms with E-state index in [1.54, 1.807) is 29.1 Å². The maximum absolute atomic E-state index is 14.3. The molecule has 8 heterocycles. The first-order valence-electron chi connectivity index (χ1n) is 22.6. The van der Waals surface area contributed by atoms with Crippen LogP contribution in [0.5, 0.6) is 0 Å². The van der Waals surface area contributed by atoms with Crippen LogP contribution in [0.25, 0.3) is 10.2 Å². The number of pyridine rings is 1. The van der Waals surface area contributed by atoms with Crippen LogP contribution in [0.2, 0.25) is 0 Å². The zero-order valence-electron chi connectivity index (χ0n) is 35.3. The fourth-order valence-corrected chi connectivity index (χ4v) is 12.4. The molecule has 2 saturated carbocycles. The predicted molar refractivity (Wildman–Crippen MR) is 231 cm³/mol. The topological polar surface area (TPSA) is 184 Å². The number of piperidine rings is 2. The quantitative estimate of drug-likeness (QED) is 0.154. The molecule has 3 N–H and O–H groups in total. The minimum atomic E-state index is -2.86. The van der Waals surface area contributed by atoms with Crippen molar-refractivity contribution in [2.24, 2.45) is 17.3 Å². The number of nitrogens with zero attached hydrogens (tertiary/aromatic N) is 7. The number of imide groups is 2. The van der Waals surface area contributed by atoms with Crippen LogP contribution in [0.4, 0.5) is 26.0 Å². The summed E-state index contributed by atoms with van der Waals surface area (Å²) in [5, 5.41) is 12.7. The van der Waals surface area contributed by atoms with Crippen molar-refractivity contribution in [1.29, 1.82) is 0 Å². The number of benzene rings is 1. The van der Waals surface area contributed by atoms with Gasteiger partial charge in [-0.1, -0.05) is 6.07 Å². The summed E-state index contributed by atoms with van der Waals surface area (Å²) >= 11 is 1.16. The molecule has 1 spiro atoms. The molecule has 1 aromatic carbocycles. The van der Waals surface area contributed by atoms with Gasteiger partial charge in [-0.25, -0.2) is 13.8 Å². The van der Waals surface area contributed by atoms with Crippen molar-refractivity contribution in [1.82, 2.24) is 34.3 Å². The molecular formula is C45H50F2N10O6S. The van der Waals surface area contributed by atoms with Gasteiger partial charge in [0, 0.05) is 37.9 Å². The molecular weight excluding hydrogens is 847 g/mol.